The highest BCUT2D eigenvalue weighted by atomic mass is 16.4. The normalized spacial score (nSPS) is 11.2. The highest BCUT2D eigenvalue weighted by molar-refractivity contribution is 6.20. The first-order valence-electron chi connectivity index (χ1n) is 5.38. The highest BCUT2D eigenvalue weighted by Crippen LogP contribution is 2.19. The Balaban J connectivity index is 2.44. The summed E-state index contributed by atoms with van der Waals surface area (Å²) < 4.78 is 0. The predicted octanol–water partition coefficient (Wildman–Crippen LogP) is 2.29. The summed E-state index contributed by atoms with van der Waals surface area (Å²) in [6.45, 7) is 0. The molecule has 0 spiro atoms. The van der Waals surface area contributed by atoms with Crippen molar-refractivity contribution in [2.24, 2.45) is 0 Å². The van der Waals surface area contributed by atoms with Crippen molar-refractivity contribution in [2.75, 3.05) is 5.73 Å². The van der Waals surface area contributed by atoms with Crippen molar-refractivity contribution in [2.45, 2.75) is 0 Å². The maximum absolute atomic E-state index is 11.3. The molecule has 0 saturated carbocycles. The zero-order chi connectivity index (χ0) is 13.0. The standard InChI is InChI=1S/C14H12N2O2/c15-12-3-1-11(2-4-12)13(14(17)18)9-10-5-7-16-8-6-10/h1-9H,15H2,(H,17,18)/b13-9-. The van der Waals surface area contributed by atoms with E-state index >= 15 is 0 Å². The maximum Gasteiger partial charge on any atom is 0.336 e. The van der Waals surface area contributed by atoms with E-state index in [9.17, 15) is 9.90 Å². The molecule has 2 rings (SSSR count). The average molecular weight is 240 g/mol. The number of aromatic nitrogens is 1. The number of anilines is 1. The SMILES string of the molecule is Nc1ccc(/C(=C/c2ccncc2)C(=O)O)cc1. The van der Waals surface area contributed by atoms with Gasteiger partial charge in [0.15, 0.2) is 0 Å². The summed E-state index contributed by atoms with van der Waals surface area (Å²) in [4.78, 5) is 15.2. The quantitative estimate of drug-likeness (QED) is 0.637. The largest absolute Gasteiger partial charge is 0.478 e. The summed E-state index contributed by atoms with van der Waals surface area (Å²) in [5.41, 5.74) is 7.82. The number of aliphatic carboxylic acids is 1. The van der Waals surface area contributed by atoms with Crippen molar-refractivity contribution < 1.29 is 9.90 Å². The first kappa shape index (κ1) is 11.9. The van der Waals surface area contributed by atoms with Gasteiger partial charge in [0.25, 0.3) is 0 Å². The van der Waals surface area contributed by atoms with E-state index in [0.717, 1.165) is 5.56 Å². The molecule has 1 aromatic heterocycles. The number of rotatable bonds is 3. The number of hydrogen-bond acceptors (Lipinski definition) is 3. The molecule has 0 aliphatic carbocycles. The van der Waals surface area contributed by atoms with Crippen molar-refractivity contribution in [3.8, 4) is 0 Å². The van der Waals surface area contributed by atoms with Crippen LogP contribution in [0.15, 0.2) is 48.8 Å². The monoisotopic (exact) mass is 240 g/mol. The molecule has 3 N–H and O–H groups in total. The smallest absolute Gasteiger partial charge is 0.336 e. The summed E-state index contributed by atoms with van der Waals surface area (Å²) in [7, 11) is 0. The molecular weight excluding hydrogens is 228 g/mol. The van der Waals surface area contributed by atoms with Crippen LogP contribution >= 0.6 is 0 Å². The molecule has 2 aromatic rings. The van der Waals surface area contributed by atoms with Crippen molar-refractivity contribution >= 4 is 23.3 Å². The summed E-state index contributed by atoms with van der Waals surface area (Å²) in [5.74, 6) is -0.975. The van der Waals surface area contributed by atoms with E-state index in [-0.39, 0.29) is 5.57 Å². The Morgan fingerprint density at radius 3 is 2.28 bits per heavy atom. The molecule has 90 valence electrons. The van der Waals surface area contributed by atoms with E-state index in [2.05, 4.69) is 4.98 Å². The average Bonchev–Trinajstić information content (AvgIpc) is 2.38. The molecule has 0 bridgehead atoms. The number of hydrogen-bond donors (Lipinski definition) is 2. The molecule has 1 aromatic carbocycles. The van der Waals surface area contributed by atoms with Crippen LogP contribution in [0.2, 0.25) is 0 Å². The number of carboxylic acids is 1. The minimum absolute atomic E-state index is 0.223. The van der Waals surface area contributed by atoms with Gasteiger partial charge in [-0.05, 0) is 41.5 Å². The number of nitrogens with zero attached hydrogens (tertiary/aromatic N) is 1. The van der Waals surface area contributed by atoms with Gasteiger partial charge in [0.1, 0.15) is 0 Å². The first-order valence-corrected chi connectivity index (χ1v) is 5.38. The molecule has 0 saturated heterocycles. The molecule has 18 heavy (non-hydrogen) atoms. The number of pyridine rings is 1. The minimum Gasteiger partial charge on any atom is -0.478 e. The third-order valence-electron chi connectivity index (χ3n) is 2.47. The topological polar surface area (TPSA) is 76.2 Å². The Kier molecular flexibility index (Phi) is 3.38. The van der Waals surface area contributed by atoms with Gasteiger partial charge in [0.05, 0.1) is 5.57 Å². The van der Waals surface area contributed by atoms with Gasteiger partial charge in [-0.1, -0.05) is 12.1 Å². The van der Waals surface area contributed by atoms with Gasteiger partial charge in [0.2, 0.25) is 0 Å². The van der Waals surface area contributed by atoms with Crippen LogP contribution < -0.4 is 5.73 Å². The number of nitrogens with two attached hydrogens (primary N) is 1. The van der Waals surface area contributed by atoms with Crippen LogP contribution in [0.4, 0.5) is 5.69 Å². The molecule has 4 nitrogen and oxygen atoms in total. The summed E-state index contributed by atoms with van der Waals surface area (Å²) >= 11 is 0. The van der Waals surface area contributed by atoms with E-state index in [1.165, 1.54) is 0 Å². The van der Waals surface area contributed by atoms with E-state index in [4.69, 9.17) is 5.73 Å². The molecular formula is C14H12N2O2. The van der Waals surface area contributed by atoms with Crippen molar-refractivity contribution in [1.29, 1.82) is 0 Å². The van der Waals surface area contributed by atoms with Gasteiger partial charge in [-0.25, -0.2) is 4.79 Å². The lowest BCUT2D eigenvalue weighted by Gasteiger charge is -2.03. The lowest BCUT2D eigenvalue weighted by atomic mass is 10.0. The van der Waals surface area contributed by atoms with Gasteiger partial charge in [0, 0.05) is 18.1 Å². The fourth-order valence-electron chi connectivity index (χ4n) is 1.56. The fourth-order valence-corrected chi connectivity index (χ4v) is 1.56. The van der Waals surface area contributed by atoms with Gasteiger partial charge >= 0.3 is 5.97 Å². The van der Waals surface area contributed by atoms with E-state index < -0.39 is 5.97 Å². The van der Waals surface area contributed by atoms with E-state index in [1.807, 2.05) is 0 Å². The van der Waals surface area contributed by atoms with E-state index in [1.54, 1.807) is 54.9 Å². The van der Waals surface area contributed by atoms with Crippen molar-refractivity contribution in [3.63, 3.8) is 0 Å². The van der Waals surface area contributed by atoms with Crippen molar-refractivity contribution in [3.05, 3.63) is 59.9 Å². The number of benzene rings is 1. The first-order chi connectivity index (χ1) is 8.66. The van der Waals surface area contributed by atoms with Gasteiger partial charge < -0.3 is 10.8 Å². The second-order valence-corrected chi connectivity index (χ2v) is 3.77. The second kappa shape index (κ2) is 5.14. The van der Waals surface area contributed by atoms with Crippen LogP contribution in [0.3, 0.4) is 0 Å². The lowest BCUT2D eigenvalue weighted by Crippen LogP contribution is -2.00. The van der Waals surface area contributed by atoms with Crippen LogP contribution in [-0.2, 0) is 4.79 Å². The molecule has 0 unspecified atom stereocenters. The molecule has 0 fully saturated rings. The Morgan fingerprint density at radius 1 is 1.11 bits per heavy atom. The van der Waals surface area contributed by atoms with Gasteiger partial charge in [-0.3, -0.25) is 4.98 Å². The Hall–Kier alpha value is -2.62. The third-order valence-corrected chi connectivity index (χ3v) is 2.47. The number of nitrogen functional groups attached to an aromatic ring is 1. The molecule has 0 amide bonds. The summed E-state index contributed by atoms with van der Waals surface area (Å²) in [6, 6.07) is 10.2. The molecule has 1 heterocycles. The predicted molar refractivity (Wildman–Crippen MR) is 70.6 cm³/mol. The molecule has 0 aliphatic heterocycles. The summed E-state index contributed by atoms with van der Waals surface area (Å²) in [6.07, 6.45) is 4.85. The minimum atomic E-state index is -0.975. The Morgan fingerprint density at radius 2 is 1.72 bits per heavy atom. The van der Waals surface area contributed by atoms with Crippen LogP contribution in [0, 0.1) is 0 Å². The Labute approximate surface area is 104 Å². The number of carbonyl (C=O) groups is 1. The third kappa shape index (κ3) is 2.74. The van der Waals surface area contributed by atoms with Crippen LogP contribution in [0.5, 0.6) is 0 Å². The van der Waals surface area contributed by atoms with E-state index in [0.29, 0.717) is 11.3 Å². The van der Waals surface area contributed by atoms with Crippen LogP contribution in [0.25, 0.3) is 11.6 Å². The fraction of sp³-hybridized carbons (Fsp3) is 0. The van der Waals surface area contributed by atoms with Crippen LogP contribution in [0.1, 0.15) is 11.1 Å². The van der Waals surface area contributed by atoms with Gasteiger partial charge in [-0.2, -0.15) is 0 Å². The summed E-state index contributed by atoms with van der Waals surface area (Å²) in [5, 5.41) is 9.24. The highest BCUT2D eigenvalue weighted by Gasteiger charge is 2.10. The number of carboxylic acid groups (broad SMARTS) is 1. The second-order valence-electron chi connectivity index (χ2n) is 3.77. The zero-order valence-electron chi connectivity index (χ0n) is 9.58. The zero-order valence-corrected chi connectivity index (χ0v) is 9.58. The molecule has 0 atom stereocenters. The Bertz CT molecular complexity index is 575. The van der Waals surface area contributed by atoms with Gasteiger partial charge in [-0.15, -0.1) is 0 Å². The van der Waals surface area contributed by atoms with Crippen molar-refractivity contribution in [1.82, 2.24) is 4.98 Å². The molecule has 0 radical (unpaired) electrons. The van der Waals surface area contributed by atoms with Crippen LogP contribution in [-0.4, -0.2) is 16.1 Å². The lowest BCUT2D eigenvalue weighted by molar-refractivity contribution is -0.130. The maximum atomic E-state index is 11.3. The molecule has 4 heteroatoms. The molecule has 0 aliphatic rings.